The van der Waals surface area contributed by atoms with Crippen molar-refractivity contribution in [3.63, 3.8) is 0 Å². The average Bonchev–Trinajstić information content (AvgIpc) is 2.95. The molecule has 0 atom stereocenters. The van der Waals surface area contributed by atoms with Crippen LogP contribution in [0.3, 0.4) is 0 Å². The van der Waals surface area contributed by atoms with Gasteiger partial charge in [-0.05, 0) is 66.6 Å². The first-order valence-electron chi connectivity index (χ1n) is 7.64. The fourth-order valence-electron chi connectivity index (χ4n) is 2.83. The van der Waals surface area contributed by atoms with Crippen LogP contribution in [0.5, 0.6) is 0 Å². The van der Waals surface area contributed by atoms with Gasteiger partial charge in [-0.2, -0.15) is 0 Å². The SMILES string of the molecule is NC(=NCCc1cccc(F)c1)Nc1ccc2c(c1)CCC2. The van der Waals surface area contributed by atoms with Gasteiger partial charge >= 0.3 is 0 Å². The van der Waals surface area contributed by atoms with Crippen LogP contribution in [-0.2, 0) is 19.3 Å². The van der Waals surface area contributed by atoms with Crippen molar-refractivity contribution in [3.8, 4) is 0 Å². The van der Waals surface area contributed by atoms with Crippen LogP contribution in [0.25, 0.3) is 0 Å². The number of nitrogens with two attached hydrogens (primary N) is 1. The highest BCUT2D eigenvalue weighted by atomic mass is 19.1. The molecule has 0 amide bonds. The van der Waals surface area contributed by atoms with E-state index in [0.717, 1.165) is 17.7 Å². The molecule has 22 heavy (non-hydrogen) atoms. The average molecular weight is 297 g/mol. The zero-order chi connectivity index (χ0) is 15.4. The minimum absolute atomic E-state index is 0.217. The minimum atomic E-state index is -0.217. The van der Waals surface area contributed by atoms with Crippen LogP contribution >= 0.6 is 0 Å². The third-order valence-corrected chi connectivity index (χ3v) is 3.94. The second-order valence-corrected chi connectivity index (χ2v) is 5.61. The standard InChI is InChI=1S/C18H20FN3/c19-16-6-1-3-13(11-16)9-10-21-18(20)22-17-8-7-14-4-2-5-15(14)12-17/h1,3,6-8,11-12H,2,4-5,9-10H2,(H3,20,21,22). The van der Waals surface area contributed by atoms with E-state index in [1.165, 1.54) is 36.1 Å². The number of aryl methyl sites for hydroxylation is 2. The lowest BCUT2D eigenvalue weighted by molar-refractivity contribution is 0.625. The van der Waals surface area contributed by atoms with Crippen molar-refractivity contribution in [3.05, 3.63) is 65.0 Å². The number of halogens is 1. The molecule has 0 aliphatic heterocycles. The van der Waals surface area contributed by atoms with Gasteiger partial charge in [0.05, 0.1) is 0 Å². The van der Waals surface area contributed by atoms with E-state index in [2.05, 4.69) is 22.4 Å². The molecule has 0 radical (unpaired) electrons. The van der Waals surface area contributed by atoms with Gasteiger partial charge in [0.25, 0.3) is 0 Å². The van der Waals surface area contributed by atoms with Crippen molar-refractivity contribution in [1.82, 2.24) is 0 Å². The lowest BCUT2D eigenvalue weighted by Gasteiger charge is -2.08. The molecule has 3 nitrogen and oxygen atoms in total. The first-order chi connectivity index (χ1) is 10.7. The molecule has 0 saturated heterocycles. The van der Waals surface area contributed by atoms with Crippen LogP contribution in [-0.4, -0.2) is 12.5 Å². The Hall–Kier alpha value is -2.36. The van der Waals surface area contributed by atoms with Crippen LogP contribution in [0.4, 0.5) is 10.1 Å². The van der Waals surface area contributed by atoms with Gasteiger partial charge in [-0.3, -0.25) is 4.99 Å². The van der Waals surface area contributed by atoms with Gasteiger partial charge < -0.3 is 11.1 Å². The first kappa shape index (κ1) is 14.6. The molecule has 1 aliphatic carbocycles. The monoisotopic (exact) mass is 297 g/mol. The number of anilines is 1. The van der Waals surface area contributed by atoms with Crippen molar-refractivity contribution in [2.45, 2.75) is 25.7 Å². The Kier molecular flexibility index (Phi) is 4.37. The molecule has 0 aromatic heterocycles. The first-order valence-corrected chi connectivity index (χ1v) is 7.64. The minimum Gasteiger partial charge on any atom is -0.370 e. The van der Waals surface area contributed by atoms with E-state index in [1.807, 2.05) is 12.1 Å². The van der Waals surface area contributed by atoms with Crippen molar-refractivity contribution in [1.29, 1.82) is 0 Å². The quantitative estimate of drug-likeness (QED) is 0.672. The van der Waals surface area contributed by atoms with Crippen LogP contribution < -0.4 is 11.1 Å². The van der Waals surface area contributed by atoms with E-state index in [4.69, 9.17) is 5.73 Å². The lowest BCUT2D eigenvalue weighted by Crippen LogP contribution is -2.23. The molecule has 0 fully saturated rings. The summed E-state index contributed by atoms with van der Waals surface area (Å²) in [6.07, 6.45) is 4.22. The Labute approximate surface area is 130 Å². The van der Waals surface area contributed by atoms with Gasteiger partial charge in [-0.1, -0.05) is 18.2 Å². The number of hydrogen-bond acceptors (Lipinski definition) is 1. The summed E-state index contributed by atoms with van der Waals surface area (Å²) in [5.41, 5.74) is 10.7. The fourth-order valence-corrected chi connectivity index (χ4v) is 2.83. The third-order valence-electron chi connectivity index (χ3n) is 3.94. The van der Waals surface area contributed by atoms with Gasteiger partial charge in [0.1, 0.15) is 5.82 Å². The molecule has 0 unspecified atom stereocenters. The van der Waals surface area contributed by atoms with E-state index in [9.17, 15) is 4.39 Å². The molecule has 3 N–H and O–H groups in total. The largest absolute Gasteiger partial charge is 0.370 e. The van der Waals surface area contributed by atoms with Crippen LogP contribution in [0.15, 0.2) is 47.5 Å². The maximum absolute atomic E-state index is 13.1. The normalized spacial score (nSPS) is 14.0. The summed E-state index contributed by atoms with van der Waals surface area (Å²) in [6.45, 7) is 0.535. The third kappa shape index (κ3) is 3.64. The predicted molar refractivity (Wildman–Crippen MR) is 88.7 cm³/mol. The Morgan fingerprint density at radius 3 is 2.86 bits per heavy atom. The molecule has 0 spiro atoms. The fraction of sp³-hybridized carbons (Fsp3) is 0.278. The summed E-state index contributed by atoms with van der Waals surface area (Å²) in [5.74, 6) is 0.181. The zero-order valence-electron chi connectivity index (χ0n) is 12.5. The molecule has 1 aliphatic rings. The van der Waals surface area contributed by atoms with Crippen molar-refractivity contribution >= 4 is 11.6 Å². The molecule has 0 bridgehead atoms. The van der Waals surface area contributed by atoms with Crippen LogP contribution in [0.2, 0.25) is 0 Å². The molecule has 2 aromatic rings. The van der Waals surface area contributed by atoms with E-state index < -0.39 is 0 Å². The highest BCUT2D eigenvalue weighted by Crippen LogP contribution is 2.24. The number of guanidine groups is 1. The smallest absolute Gasteiger partial charge is 0.193 e. The Morgan fingerprint density at radius 2 is 2.00 bits per heavy atom. The summed E-state index contributed by atoms with van der Waals surface area (Å²) in [4.78, 5) is 4.30. The van der Waals surface area contributed by atoms with E-state index >= 15 is 0 Å². The molecular weight excluding hydrogens is 277 g/mol. The second kappa shape index (κ2) is 6.60. The summed E-state index contributed by atoms with van der Waals surface area (Å²) < 4.78 is 13.1. The highest BCUT2D eigenvalue weighted by molar-refractivity contribution is 5.92. The summed E-state index contributed by atoms with van der Waals surface area (Å²) in [7, 11) is 0. The summed E-state index contributed by atoms with van der Waals surface area (Å²) in [6, 6.07) is 12.9. The van der Waals surface area contributed by atoms with Crippen LogP contribution in [0, 0.1) is 5.82 Å². The number of fused-ring (bicyclic) bond motifs is 1. The number of nitrogens with zero attached hydrogens (tertiary/aromatic N) is 1. The number of hydrogen-bond donors (Lipinski definition) is 2. The predicted octanol–water partition coefficient (Wildman–Crippen LogP) is 3.28. The summed E-state index contributed by atoms with van der Waals surface area (Å²) in [5, 5.41) is 3.12. The Balaban J connectivity index is 1.56. The molecule has 3 rings (SSSR count). The van der Waals surface area contributed by atoms with Gasteiger partial charge in [0.2, 0.25) is 0 Å². The van der Waals surface area contributed by atoms with E-state index in [0.29, 0.717) is 18.9 Å². The van der Waals surface area contributed by atoms with Crippen molar-refractivity contribution in [2.24, 2.45) is 10.7 Å². The van der Waals surface area contributed by atoms with Gasteiger partial charge in [-0.25, -0.2) is 4.39 Å². The molecule has 0 heterocycles. The van der Waals surface area contributed by atoms with Crippen molar-refractivity contribution < 1.29 is 4.39 Å². The number of nitrogens with one attached hydrogen (secondary N) is 1. The lowest BCUT2D eigenvalue weighted by atomic mass is 10.1. The second-order valence-electron chi connectivity index (χ2n) is 5.61. The van der Waals surface area contributed by atoms with Gasteiger partial charge in [-0.15, -0.1) is 0 Å². The number of benzene rings is 2. The molecule has 2 aromatic carbocycles. The number of rotatable bonds is 4. The molecule has 0 saturated carbocycles. The van der Waals surface area contributed by atoms with E-state index in [-0.39, 0.29) is 5.82 Å². The maximum Gasteiger partial charge on any atom is 0.193 e. The zero-order valence-corrected chi connectivity index (χ0v) is 12.5. The molecule has 114 valence electrons. The van der Waals surface area contributed by atoms with E-state index in [1.54, 1.807) is 6.07 Å². The van der Waals surface area contributed by atoms with Crippen molar-refractivity contribution in [2.75, 3.05) is 11.9 Å². The topological polar surface area (TPSA) is 50.4 Å². The van der Waals surface area contributed by atoms with Gasteiger partial charge in [0.15, 0.2) is 5.96 Å². The Morgan fingerprint density at radius 1 is 1.14 bits per heavy atom. The summed E-state index contributed by atoms with van der Waals surface area (Å²) >= 11 is 0. The molecule has 4 heteroatoms. The Bertz CT molecular complexity index is 694. The number of aliphatic imine (C=N–C) groups is 1. The molecular formula is C18H20FN3. The highest BCUT2D eigenvalue weighted by Gasteiger charge is 2.10. The van der Waals surface area contributed by atoms with Gasteiger partial charge in [0, 0.05) is 12.2 Å². The van der Waals surface area contributed by atoms with Crippen LogP contribution in [0.1, 0.15) is 23.1 Å². The maximum atomic E-state index is 13.1.